The summed E-state index contributed by atoms with van der Waals surface area (Å²) in [5.41, 5.74) is -1.14. The van der Waals surface area contributed by atoms with E-state index in [2.05, 4.69) is 10.6 Å². The highest BCUT2D eigenvalue weighted by atomic mass is 16.4. The van der Waals surface area contributed by atoms with Crippen LogP contribution in [0.4, 0.5) is 4.79 Å². The van der Waals surface area contributed by atoms with Gasteiger partial charge in [-0.3, -0.25) is 0 Å². The first kappa shape index (κ1) is 14.7. The van der Waals surface area contributed by atoms with Gasteiger partial charge in [0.05, 0.1) is 0 Å². The molecule has 2 amide bonds. The molecule has 0 spiro atoms. The molecule has 5 heteroatoms. The van der Waals surface area contributed by atoms with Gasteiger partial charge in [-0.15, -0.1) is 0 Å². The van der Waals surface area contributed by atoms with Crippen LogP contribution in [0, 0.1) is 0 Å². The topological polar surface area (TPSA) is 78.4 Å². The van der Waals surface area contributed by atoms with Crippen molar-refractivity contribution in [3.05, 3.63) is 0 Å². The van der Waals surface area contributed by atoms with Crippen molar-refractivity contribution in [2.24, 2.45) is 0 Å². The Morgan fingerprint density at radius 1 is 1.19 bits per heavy atom. The molecule has 16 heavy (non-hydrogen) atoms. The van der Waals surface area contributed by atoms with E-state index in [4.69, 9.17) is 5.11 Å². The van der Waals surface area contributed by atoms with Crippen molar-refractivity contribution in [1.82, 2.24) is 10.6 Å². The molecular formula is C11H22N2O3. The van der Waals surface area contributed by atoms with Crippen LogP contribution in [-0.4, -0.2) is 29.2 Å². The average Bonchev–Trinajstić information content (AvgIpc) is 2.26. The summed E-state index contributed by atoms with van der Waals surface area (Å²) >= 11 is 0. The van der Waals surface area contributed by atoms with Crippen molar-refractivity contribution in [3.63, 3.8) is 0 Å². The summed E-state index contributed by atoms with van der Waals surface area (Å²) in [6.07, 6.45) is 2.64. The fraction of sp³-hybridized carbons (Fsp3) is 0.818. The number of amides is 2. The zero-order valence-electron chi connectivity index (χ0n) is 10.3. The molecule has 0 aromatic carbocycles. The Labute approximate surface area is 96.6 Å². The van der Waals surface area contributed by atoms with Crippen molar-refractivity contribution in [3.8, 4) is 0 Å². The predicted octanol–water partition coefficient (Wildman–Crippen LogP) is 1.73. The lowest BCUT2D eigenvalue weighted by molar-refractivity contribution is -0.144. The molecule has 3 N–H and O–H groups in total. The molecule has 0 aromatic rings. The Morgan fingerprint density at radius 3 is 2.12 bits per heavy atom. The number of hydrogen-bond acceptors (Lipinski definition) is 2. The van der Waals surface area contributed by atoms with Gasteiger partial charge in [0.1, 0.15) is 5.54 Å². The van der Waals surface area contributed by atoms with Gasteiger partial charge in [0, 0.05) is 6.54 Å². The molecule has 0 saturated carbocycles. The fourth-order valence-electron chi connectivity index (χ4n) is 1.42. The summed E-state index contributed by atoms with van der Waals surface area (Å²) in [6, 6.07) is -0.403. The maximum Gasteiger partial charge on any atom is 0.329 e. The van der Waals surface area contributed by atoms with Gasteiger partial charge in [0.25, 0.3) is 0 Å². The van der Waals surface area contributed by atoms with E-state index in [1.165, 1.54) is 0 Å². The molecule has 94 valence electrons. The van der Waals surface area contributed by atoms with E-state index in [0.29, 0.717) is 19.4 Å². The zero-order chi connectivity index (χ0) is 12.6. The Kier molecular flexibility index (Phi) is 6.53. The first-order valence-corrected chi connectivity index (χ1v) is 5.81. The van der Waals surface area contributed by atoms with Gasteiger partial charge in [-0.1, -0.05) is 27.2 Å². The number of carboxylic acid groups (broad SMARTS) is 1. The first-order chi connectivity index (χ1) is 7.52. The maximum atomic E-state index is 11.5. The molecule has 0 heterocycles. The molecule has 0 aromatic heterocycles. The average molecular weight is 230 g/mol. The van der Waals surface area contributed by atoms with E-state index in [1.807, 2.05) is 6.92 Å². The second-order valence-electron chi connectivity index (χ2n) is 3.83. The number of hydrogen-bond donors (Lipinski definition) is 3. The van der Waals surface area contributed by atoms with Gasteiger partial charge >= 0.3 is 12.0 Å². The second-order valence-corrected chi connectivity index (χ2v) is 3.83. The SMILES string of the molecule is CCCCNC(=O)NC(CC)(CC)C(=O)O. The zero-order valence-corrected chi connectivity index (χ0v) is 10.3. The molecular weight excluding hydrogens is 208 g/mol. The molecule has 0 aliphatic rings. The van der Waals surface area contributed by atoms with Gasteiger partial charge in [0.2, 0.25) is 0 Å². The van der Waals surface area contributed by atoms with Gasteiger partial charge in [-0.25, -0.2) is 9.59 Å². The number of rotatable bonds is 7. The highest BCUT2D eigenvalue weighted by molar-refractivity contribution is 5.86. The molecule has 0 radical (unpaired) electrons. The molecule has 0 saturated heterocycles. The minimum atomic E-state index is -1.14. The molecule has 0 aliphatic carbocycles. The summed E-state index contributed by atoms with van der Waals surface area (Å²) < 4.78 is 0. The number of carboxylic acids is 1. The molecule has 0 aliphatic heterocycles. The molecule has 5 nitrogen and oxygen atoms in total. The van der Waals surface area contributed by atoms with Crippen molar-refractivity contribution >= 4 is 12.0 Å². The van der Waals surface area contributed by atoms with E-state index in [-0.39, 0.29) is 0 Å². The standard InChI is InChI=1S/C11H22N2O3/c1-4-7-8-12-10(16)13-11(5-2,6-3)9(14)15/h4-8H2,1-3H3,(H,14,15)(H2,12,13,16). The minimum absolute atomic E-state index is 0.375. The third kappa shape index (κ3) is 4.08. The quantitative estimate of drug-likeness (QED) is 0.583. The van der Waals surface area contributed by atoms with Crippen LogP contribution in [0.2, 0.25) is 0 Å². The number of urea groups is 1. The number of carbonyl (C=O) groups excluding carboxylic acids is 1. The van der Waals surface area contributed by atoms with Crippen LogP contribution in [0.5, 0.6) is 0 Å². The van der Waals surface area contributed by atoms with Gasteiger partial charge in [0.15, 0.2) is 0 Å². The van der Waals surface area contributed by atoms with Crippen LogP contribution >= 0.6 is 0 Å². The number of carbonyl (C=O) groups is 2. The first-order valence-electron chi connectivity index (χ1n) is 5.81. The van der Waals surface area contributed by atoms with Crippen LogP contribution < -0.4 is 10.6 Å². The van der Waals surface area contributed by atoms with Crippen LogP contribution in [0.25, 0.3) is 0 Å². The van der Waals surface area contributed by atoms with Crippen LogP contribution in [0.1, 0.15) is 46.5 Å². The Hall–Kier alpha value is -1.26. The third-order valence-electron chi connectivity index (χ3n) is 2.79. The molecule has 0 bridgehead atoms. The number of aliphatic carboxylic acids is 1. The Balaban J connectivity index is 4.29. The Bertz CT molecular complexity index is 237. The van der Waals surface area contributed by atoms with E-state index in [9.17, 15) is 9.59 Å². The summed E-state index contributed by atoms with van der Waals surface area (Å²) in [7, 11) is 0. The lowest BCUT2D eigenvalue weighted by Crippen LogP contribution is -2.56. The third-order valence-corrected chi connectivity index (χ3v) is 2.79. The van der Waals surface area contributed by atoms with Crippen LogP contribution in [-0.2, 0) is 4.79 Å². The van der Waals surface area contributed by atoms with Crippen molar-refractivity contribution in [2.75, 3.05) is 6.54 Å². The molecule has 0 atom stereocenters. The van der Waals surface area contributed by atoms with E-state index < -0.39 is 17.5 Å². The minimum Gasteiger partial charge on any atom is -0.480 e. The van der Waals surface area contributed by atoms with Crippen molar-refractivity contribution in [2.45, 2.75) is 52.0 Å². The number of unbranched alkanes of at least 4 members (excludes halogenated alkanes) is 1. The number of nitrogens with one attached hydrogen (secondary N) is 2. The van der Waals surface area contributed by atoms with Gasteiger partial charge in [-0.05, 0) is 19.3 Å². The molecule has 0 rings (SSSR count). The van der Waals surface area contributed by atoms with E-state index in [1.54, 1.807) is 13.8 Å². The highest BCUT2D eigenvalue weighted by Crippen LogP contribution is 2.14. The van der Waals surface area contributed by atoms with E-state index in [0.717, 1.165) is 12.8 Å². The summed E-state index contributed by atoms with van der Waals surface area (Å²) in [5.74, 6) is -0.983. The van der Waals surface area contributed by atoms with Crippen LogP contribution in [0.15, 0.2) is 0 Å². The maximum absolute atomic E-state index is 11.5. The van der Waals surface area contributed by atoms with Crippen molar-refractivity contribution < 1.29 is 14.7 Å². The van der Waals surface area contributed by atoms with Crippen LogP contribution in [0.3, 0.4) is 0 Å². The highest BCUT2D eigenvalue weighted by Gasteiger charge is 2.36. The van der Waals surface area contributed by atoms with Crippen molar-refractivity contribution in [1.29, 1.82) is 0 Å². The largest absolute Gasteiger partial charge is 0.480 e. The summed E-state index contributed by atoms with van der Waals surface area (Å²) in [4.78, 5) is 22.6. The normalized spacial score (nSPS) is 10.9. The predicted molar refractivity (Wildman–Crippen MR) is 62.4 cm³/mol. The molecule has 0 unspecified atom stereocenters. The van der Waals surface area contributed by atoms with Gasteiger partial charge < -0.3 is 15.7 Å². The monoisotopic (exact) mass is 230 g/mol. The lowest BCUT2D eigenvalue weighted by atomic mass is 9.93. The Morgan fingerprint density at radius 2 is 1.75 bits per heavy atom. The lowest BCUT2D eigenvalue weighted by Gasteiger charge is -2.28. The smallest absolute Gasteiger partial charge is 0.329 e. The summed E-state index contributed by atoms with van der Waals surface area (Å²) in [6.45, 7) is 6.11. The van der Waals surface area contributed by atoms with Gasteiger partial charge in [-0.2, -0.15) is 0 Å². The fourth-order valence-corrected chi connectivity index (χ4v) is 1.42. The van der Waals surface area contributed by atoms with E-state index >= 15 is 0 Å². The summed E-state index contributed by atoms with van der Waals surface area (Å²) in [5, 5.41) is 14.3. The molecule has 0 fully saturated rings. The second kappa shape index (κ2) is 7.09.